The molecule has 0 amide bonds. The number of nitriles is 1. The van der Waals surface area contributed by atoms with Crippen LogP contribution in [-0.4, -0.2) is 4.98 Å². The van der Waals surface area contributed by atoms with Crippen molar-refractivity contribution in [3.05, 3.63) is 175 Å². The second-order valence-corrected chi connectivity index (χ2v) is 12.3. The molecule has 0 aliphatic rings. The lowest BCUT2D eigenvalue weighted by Gasteiger charge is -2.12. The highest BCUT2D eigenvalue weighted by Gasteiger charge is 2.17. The topological polar surface area (TPSA) is 49.8 Å². The van der Waals surface area contributed by atoms with Gasteiger partial charge in [0.25, 0.3) is 0 Å². The molecule has 0 aliphatic heterocycles. The molecule has 0 saturated carbocycles. The standard InChI is InChI=1S/C46H28N2O/c47-29-30-9-8-13-36(25-30)43-27-38(28-44-45(43)48-46(49-44)35-23-19-32(20-24-35)31-10-2-1-3-11-31)33-17-21-34(22-18-33)42-26-37-12-4-5-14-39(37)40-15-6-7-16-41(40)42/h1-28H. The zero-order valence-electron chi connectivity index (χ0n) is 26.5. The van der Waals surface area contributed by atoms with Crippen molar-refractivity contribution in [3.8, 4) is 62.0 Å². The highest BCUT2D eigenvalue weighted by atomic mass is 16.3. The average molecular weight is 625 g/mol. The Balaban J connectivity index is 1.15. The Bertz CT molecular complexity index is 2700. The van der Waals surface area contributed by atoms with Crippen molar-refractivity contribution in [2.75, 3.05) is 0 Å². The van der Waals surface area contributed by atoms with Crippen LogP contribution in [0.4, 0.5) is 0 Å². The Hall–Kier alpha value is -6.76. The van der Waals surface area contributed by atoms with Gasteiger partial charge in [0.2, 0.25) is 5.89 Å². The Morgan fingerprint density at radius 1 is 0.429 bits per heavy atom. The molecular formula is C46H28N2O. The third-order valence-electron chi connectivity index (χ3n) is 9.33. The smallest absolute Gasteiger partial charge is 0.227 e. The van der Waals surface area contributed by atoms with Gasteiger partial charge in [0.05, 0.1) is 11.6 Å². The van der Waals surface area contributed by atoms with E-state index in [2.05, 4.69) is 133 Å². The first-order chi connectivity index (χ1) is 24.2. The van der Waals surface area contributed by atoms with Gasteiger partial charge >= 0.3 is 0 Å². The molecule has 0 fully saturated rings. The van der Waals surface area contributed by atoms with E-state index in [0.717, 1.165) is 50.0 Å². The highest BCUT2D eigenvalue weighted by Crippen LogP contribution is 2.39. The highest BCUT2D eigenvalue weighted by molar-refractivity contribution is 6.13. The van der Waals surface area contributed by atoms with Gasteiger partial charge in [0.1, 0.15) is 5.52 Å². The first-order valence-electron chi connectivity index (χ1n) is 16.3. The van der Waals surface area contributed by atoms with Crippen LogP contribution >= 0.6 is 0 Å². The second-order valence-electron chi connectivity index (χ2n) is 12.3. The average Bonchev–Trinajstić information content (AvgIpc) is 3.62. The van der Waals surface area contributed by atoms with Gasteiger partial charge in [-0.25, -0.2) is 4.98 Å². The van der Waals surface area contributed by atoms with E-state index in [-0.39, 0.29) is 0 Å². The van der Waals surface area contributed by atoms with Crippen molar-refractivity contribution in [2.45, 2.75) is 0 Å². The van der Waals surface area contributed by atoms with Crippen LogP contribution in [-0.2, 0) is 0 Å². The number of rotatable bonds is 5. The third kappa shape index (κ3) is 5.13. The number of hydrogen-bond acceptors (Lipinski definition) is 3. The lowest BCUT2D eigenvalue weighted by atomic mass is 9.92. The van der Waals surface area contributed by atoms with E-state index in [9.17, 15) is 5.26 Å². The molecule has 0 radical (unpaired) electrons. The Kier molecular flexibility index (Phi) is 6.85. The fourth-order valence-corrected chi connectivity index (χ4v) is 6.87. The second kappa shape index (κ2) is 11.8. The van der Waals surface area contributed by atoms with Crippen molar-refractivity contribution >= 4 is 32.6 Å². The summed E-state index contributed by atoms with van der Waals surface area (Å²) >= 11 is 0. The maximum atomic E-state index is 9.67. The predicted molar refractivity (Wildman–Crippen MR) is 201 cm³/mol. The number of hydrogen-bond donors (Lipinski definition) is 0. The van der Waals surface area contributed by atoms with Crippen LogP contribution in [0.1, 0.15) is 5.56 Å². The molecule has 3 nitrogen and oxygen atoms in total. The molecule has 0 unspecified atom stereocenters. The number of benzene rings is 8. The molecule has 3 heteroatoms. The van der Waals surface area contributed by atoms with E-state index in [1.54, 1.807) is 0 Å². The number of aromatic nitrogens is 1. The van der Waals surface area contributed by atoms with Gasteiger partial charge in [0, 0.05) is 11.1 Å². The number of oxazole rings is 1. The van der Waals surface area contributed by atoms with Crippen molar-refractivity contribution in [3.63, 3.8) is 0 Å². The molecule has 0 bridgehead atoms. The quantitative estimate of drug-likeness (QED) is 0.179. The summed E-state index contributed by atoms with van der Waals surface area (Å²) in [6, 6.07) is 61.1. The summed E-state index contributed by atoms with van der Waals surface area (Å²) in [5.41, 5.74) is 11.6. The number of nitrogens with zero attached hydrogens (tertiary/aromatic N) is 2. The first kappa shape index (κ1) is 28.5. The van der Waals surface area contributed by atoms with Crippen molar-refractivity contribution in [1.82, 2.24) is 4.98 Å². The zero-order chi connectivity index (χ0) is 32.7. The largest absolute Gasteiger partial charge is 0.436 e. The molecule has 228 valence electrons. The Morgan fingerprint density at radius 2 is 1.04 bits per heavy atom. The van der Waals surface area contributed by atoms with Crippen LogP contribution in [0.5, 0.6) is 0 Å². The van der Waals surface area contributed by atoms with Crippen LogP contribution < -0.4 is 0 Å². The minimum absolute atomic E-state index is 0.558. The third-order valence-corrected chi connectivity index (χ3v) is 9.33. The molecule has 9 rings (SSSR count). The molecule has 0 atom stereocenters. The Labute approximate surface area is 284 Å². The minimum Gasteiger partial charge on any atom is -0.436 e. The van der Waals surface area contributed by atoms with Gasteiger partial charge in [-0.2, -0.15) is 5.26 Å². The van der Waals surface area contributed by atoms with Crippen molar-refractivity contribution < 1.29 is 4.42 Å². The summed E-state index contributed by atoms with van der Waals surface area (Å²) in [6.45, 7) is 0. The van der Waals surface area contributed by atoms with Gasteiger partial charge in [0.15, 0.2) is 5.58 Å². The van der Waals surface area contributed by atoms with E-state index >= 15 is 0 Å². The Morgan fingerprint density at radius 3 is 1.82 bits per heavy atom. The van der Waals surface area contributed by atoms with Crippen LogP contribution in [0.15, 0.2) is 174 Å². The van der Waals surface area contributed by atoms with Gasteiger partial charge in [-0.15, -0.1) is 0 Å². The molecule has 1 heterocycles. The summed E-state index contributed by atoms with van der Waals surface area (Å²) in [6.07, 6.45) is 0. The predicted octanol–water partition coefficient (Wildman–Crippen LogP) is 12.3. The minimum atomic E-state index is 0.558. The van der Waals surface area contributed by atoms with Crippen molar-refractivity contribution in [2.24, 2.45) is 0 Å². The van der Waals surface area contributed by atoms with Crippen LogP contribution in [0, 0.1) is 11.3 Å². The molecule has 0 aliphatic carbocycles. The van der Waals surface area contributed by atoms with E-state index in [4.69, 9.17) is 9.40 Å². The molecule has 49 heavy (non-hydrogen) atoms. The molecule has 0 N–H and O–H groups in total. The normalized spacial score (nSPS) is 11.2. The van der Waals surface area contributed by atoms with Gasteiger partial charge in [-0.1, -0.05) is 127 Å². The fourth-order valence-electron chi connectivity index (χ4n) is 6.87. The molecule has 0 spiro atoms. The molecular weight excluding hydrogens is 597 g/mol. The summed E-state index contributed by atoms with van der Waals surface area (Å²) in [4.78, 5) is 5.01. The molecule has 9 aromatic rings. The maximum Gasteiger partial charge on any atom is 0.227 e. The van der Waals surface area contributed by atoms with E-state index < -0.39 is 0 Å². The summed E-state index contributed by atoms with van der Waals surface area (Å²) < 4.78 is 6.49. The zero-order valence-corrected chi connectivity index (χ0v) is 26.5. The summed E-state index contributed by atoms with van der Waals surface area (Å²) in [5.74, 6) is 0.558. The van der Waals surface area contributed by atoms with Crippen LogP contribution in [0.2, 0.25) is 0 Å². The van der Waals surface area contributed by atoms with E-state index in [1.165, 1.54) is 27.1 Å². The maximum absolute atomic E-state index is 9.67. The lowest BCUT2D eigenvalue weighted by molar-refractivity contribution is 0.620. The number of fused-ring (bicyclic) bond motifs is 4. The molecule has 0 saturated heterocycles. The monoisotopic (exact) mass is 624 g/mol. The van der Waals surface area contributed by atoms with Crippen LogP contribution in [0.25, 0.3) is 88.6 Å². The van der Waals surface area contributed by atoms with Crippen LogP contribution in [0.3, 0.4) is 0 Å². The van der Waals surface area contributed by atoms with Gasteiger partial charge in [-0.05, 0) is 103 Å². The summed E-state index contributed by atoms with van der Waals surface area (Å²) in [7, 11) is 0. The molecule has 8 aromatic carbocycles. The van der Waals surface area contributed by atoms with Gasteiger partial charge in [-0.3, -0.25) is 0 Å². The van der Waals surface area contributed by atoms with E-state index in [1.807, 2.05) is 42.5 Å². The lowest BCUT2D eigenvalue weighted by Crippen LogP contribution is -1.87. The molecule has 1 aromatic heterocycles. The first-order valence-corrected chi connectivity index (χ1v) is 16.3. The van der Waals surface area contributed by atoms with E-state index in [0.29, 0.717) is 17.0 Å². The fraction of sp³-hybridized carbons (Fsp3) is 0. The van der Waals surface area contributed by atoms with Crippen molar-refractivity contribution in [1.29, 1.82) is 5.26 Å². The SMILES string of the molecule is N#Cc1cccc(-c2cc(-c3ccc(-c4cc5ccccc5c5ccccc45)cc3)cc3oc(-c4ccc(-c5ccccc5)cc4)nc23)c1. The van der Waals surface area contributed by atoms with Gasteiger partial charge < -0.3 is 4.42 Å². The summed E-state index contributed by atoms with van der Waals surface area (Å²) in [5, 5.41) is 14.7.